The van der Waals surface area contributed by atoms with E-state index in [1.165, 1.54) is 22.9 Å². The summed E-state index contributed by atoms with van der Waals surface area (Å²) in [5.74, 6) is -0.387. The van der Waals surface area contributed by atoms with Gasteiger partial charge in [-0.2, -0.15) is 0 Å². The quantitative estimate of drug-likeness (QED) is 0.109. The smallest absolute Gasteiger partial charge is 0.330 e. The lowest BCUT2D eigenvalue weighted by atomic mass is 10.0. The number of carbonyl (C=O) groups excluding carboxylic acids is 2. The number of rotatable bonds is 10. The number of ether oxygens (including phenoxy) is 1. The number of hydrogen-bond donors (Lipinski definition) is 0. The van der Waals surface area contributed by atoms with E-state index in [0.717, 1.165) is 66.5 Å². The second-order valence-electron chi connectivity index (χ2n) is 12.5. The summed E-state index contributed by atoms with van der Waals surface area (Å²) in [4.78, 5) is 23.6. The van der Waals surface area contributed by atoms with Gasteiger partial charge in [-0.1, -0.05) is 86.0 Å². The normalized spacial score (nSPS) is 11.4. The molecule has 0 radical (unpaired) electrons. The molecule has 0 spiro atoms. The van der Waals surface area contributed by atoms with Gasteiger partial charge in [0.25, 0.3) is 0 Å². The fourth-order valence-electron chi connectivity index (χ4n) is 7.07. The Balaban J connectivity index is 1.11. The highest BCUT2D eigenvalue weighted by molar-refractivity contribution is 6.10. The summed E-state index contributed by atoms with van der Waals surface area (Å²) in [6, 6.07) is 47.0. The van der Waals surface area contributed by atoms with Crippen LogP contribution in [0.2, 0.25) is 0 Å². The minimum Gasteiger partial charge on any atom is -0.462 e. The van der Waals surface area contributed by atoms with E-state index in [2.05, 4.69) is 150 Å². The highest BCUT2D eigenvalue weighted by Crippen LogP contribution is 2.35. The number of fused-ring (bicyclic) bond motifs is 6. The van der Waals surface area contributed by atoms with Gasteiger partial charge in [0.05, 0.1) is 28.7 Å². The number of carbonyl (C=O) groups is 2. The lowest BCUT2D eigenvalue weighted by molar-refractivity contribution is -0.137. The second kappa shape index (κ2) is 12.9. The Labute approximate surface area is 290 Å². The molecule has 0 saturated heterocycles. The van der Waals surface area contributed by atoms with Crippen LogP contribution in [-0.4, -0.2) is 27.5 Å². The maximum Gasteiger partial charge on any atom is 0.330 e. The van der Waals surface area contributed by atoms with Crippen molar-refractivity contribution in [1.82, 2.24) is 9.13 Å². The Hall–Kier alpha value is -6.46. The van der Waals surface area contributed by atoms with Crippen LogP contribution in [0.1, 0.15) is 11.1 Å². The highest BCUT2D eigenvalue weighted by atomic mass is 16.5. The van der Waals surface area contributed by atoms with Gasteiger partial charge in [0, 0.05) is 51.8 Å². The summed E-state index contributed by atoms with van der Waals surface area (Å²) in [6.07, 6.45) is 3.56. The first-order valence-electron chi connectivity index (χ1n) is 16.7. The summed E-state index contributed by atoms with van der Waals surface area (Å²) in [5.41, 5.74) is 11.0. The topological polar surface area (TPSA) is 53.2 Å². The minimum absolute atomic E-state index is 0.0165. The summed E-state index contributed by atoms with van der Waals surface area (Å²) >= 11 is 0. The standard InChI is InChI=1S/C45H34N2O3/c1-3-36(48)27-31-14-24-44-40(29-31)38-10-6-8-12-42(38)47(44)35-21-17-33(18-22-35)32-15-19-34(20-16-32)46-41-11-7-5-9-37(41)39-28-30(13-23-43(39)46)25-26-50-45(49)4-2/h3-24,28-29H,1-2,25-27H2. The molecule has 0 aliphatic rings. The van der Waals surface area contributed by atoms with Crippen LogP contribution >= 0.6 is 0 Å². The van der Waals surface area contributed by atoms with Crippen molar-refractivity contribution >= 4 is 55.4 Å². The van der Waals surface area contributed by atoms with Gasteiger partial charge in [-0.25, -0.2) is 4.79 Å². The molecular formula is C45H34N2O3. The van der Waals surface area contributed by atoms with Crippen LogP contribution in [0, 0.1) is 0 Å². The molecule has 0 amide bonds. The molecule has 8 rings (SSSR count). The zero-order chi connectivity index (χ0) is 34.2. The average Bonchev–Trinajstić information content (AvgIpc) is 3.67. The largest absolute Gasteiger partial charge is 0.462 e. The van der Waals surface area contributed by atoms with Gasteiger partial charge in [-0.05, 0) is 89.0 Å². The van der Waals surface area contributed by atoms with Crippen LogP contribution in [0.15, 0.2) is 159 Å². The highest BCUT2D eigenvalue weighted by Gasteiger charge is 2.15. The molecular weight excluding hydrogens is 617 g/mol. The van der Waals surface area contributed by atoms with Crippen LogP contribution in [0.25, 0.3) is 66.1 Å². The van der Waals surface area contributed by atoms with Crippen LogP contribution in [-0.2, 0) is 27.2 Å². The van der Waals surface area contributed by atoms with Gasteiger partial charge < -0.3 is 13.9 Å². The van der Waals surface area contributed by atoms with E-state index in [1.807, 2.05) is 6.07 Å². The molecule has 0 aliphatic carbocycles. The minimum atomic E-state index is -0.403. The molecule has 50 heavy (non-hydrogen) atoms. The molecule has 0 atom stereocenters. The Bertz CT molecular complexity index is 2600. The van der Waals surface area contributed by atoms with Gasteiger partial charge in [0.1, 0.15) is 0 Å². The number of hydrogen-bond acceptors (Lipinski definition) is 3. The summed E-state index contributed by atoms with van der Waals surface area (Å²) in [6.45, 7) is 7.41. The van der Waals surface area contributed by atoms with E-state index in [-0.39, 0.29) is 5.78 Å². The summed E-state index contributed by atoms with van der Waals surface area (Å²) < 4.78 is 9.81. The van der Waals surface area contributed by atoms with Gasteiger partial charge in [-0.3, -0.25) is 4.79 Å². The second-order valence-corrected chi connectivity index (χ2v) is 12.5. The van der Waals surface area contributed by atoms with E-state index in [4.69, 9.17) is 4.74 Å². The van der Waals surface area contributed by atoms with Crippen molar-refractivity contribution in [1.29, 1.82) is 0 Å². The molecule has 2 aromatic heterocycles. The zero-order valence-electron chi connectivity index (χ0n) is 27.5. The number of nitrogens with zero attached hydrogens (tertiary/aromatic N) is 2. The number of benzene rings is 6. The maximum atomic E-state index is 12.1. The molecule has 0 saturated carbocycles. The molecule has 5 nitrogen and oxygen atoms in total. The Morgan fingerprint density at radius 3 is 1.54 bits per heavy atom. The fraction of sp³-hybridized carbons (Fsp3) is 0.0667. The van der Waals surface area contributed by atoms with Crippen LogP contribution in [0.3, 0.4) is 0 Å². The molecule has 0 N–H and O–H groups in total. The SMILES string of the molecule is C=CC(=O)Cc1ccc2c(c1)c1ccccc1n2-c1ccc(-c2ccc(-n3c4ccccc4c4cc(CCOC(=O)C=C)ccc43)cc2)cc1. The van der Waals surface area contributed by atoms with Crippen molar-refractivity contribution in [2.24, 2.45) is 0 Å². The predicted molar refractivity (Wildman–Crippen MR) is 204 cm³/mol. The van der Waals surface area contributed by atoms with Gasteiger partial charge in [-0.15, -0.1) is 0 Å². The van der Waals surface area contributed by atoms with Gasteiger partial charge in [0.2, 0.25) is 0 Å². The van der Waals surface area contributed by atoms with Crippen molar-refractivity contribution in [3.63, 3.8) is 0 Å². The van der Waals surface area contributed by atoms with Crippen molar-refractivity contribution in [3.8, 4) is 22.5 Å². The van der Waals surface area contributed by atoms with E-state index in [1.54, 1.807) is 0 Å². The summed E-state index contributed by atoms with van der Waals surface area (Å²) in [5, 5.41) is 4.63. The first-order valence-corrected chi connectivity index (χ1v) is 16.7. The molecule has 5 heteroatoms. The van der Waals surface area contributed by atoms with Gasteiger partial charge in [0.15, 0.2) is 5.78 Å². The molecule has 242 valence electrons. The molecule has 0 fully saturated rings. The third kappa shape index (κ3) is 5.49. The van der Waals surface area contributed by atoms with E-state index in [0.29, 0.717) is 19.4 Å². The molecule has 0 bridgehead atoms. The average molecular weight is 651 g/mol. The number of esters is 1. The first-order chi connectivity index (χ1) is 24.5. The molecule has 0 unspecified atom stereocenters. The maximum absolute atomic E-state index is 12.1. The molecule has 8 aromatic rings. The monoisotopic (exact) mass is 650 g/mol. The Kier molecular flexibility index (Phi) is 7.94. The number of ketones is 1. The van der Waals surface area contributed by atoms with Crippen molar-refractivity contribution < 1.29 is 14.3 Å². The lowest BCUT2D eigenvalue weighted by Crippen LogP contribution is -2.04. The third-order valence-corrected chi connectivity index (χ3v) is 9.47. The Morgan fingerprint density at radius 1 is 0.540 bits per heavy atom. The zero-order valence-corrected chi connectivity index (χ0v) is 27.5. The van der Waals surface area contributed by atoms with E-state index >= 15 is 0 Å². The molecule has 0 aliphatic heterocycles. The van der Waals surface area contributed by atoms with E-state index < -0.39 is 5.97 Å². The van der Waals surface area contributed by atoms with Crippen molar-refractivity contribution in [3.05, 3.63) is 170 Å². The number of para-hydroxylation sites is 2. The van der Waals surface area contributed by atoms with Gasteiger partial charge >= 0.3 is 5.97 Å². The lowest BCUT2D eigenvalue weighted by Gasteiger charge is -2.11. The van der Waals surface area contributed by atoms with E-state index in [9.17, 15) is 9.59 Å². The van der Waals surface area contributed by atoms with Crippen LogP contribution < -0.4 is 0 Å². The summed E-state index contributed by atoms with van der Waals surface area (Å²) in [7, 11) is 0. The van der Waals surface area contributed by atoms with Crippen LogP contribution in [0.4, 0.5) is 0 Å². The molecule has 6 aromatic carbocycles. The number of aromatic nitrogens is 2. The predicted octanol–water partition coefficient (Wildman–Crippen LogP) is 10.1. The first kappa shape index (κ1) is 30.8. The third-order valence-electron chi connectivity index (χ3n) is 9.47. The molecule has 2 heterocycles. The van der Waals surface area contributed by atoms with Crippen LogP contribution in [0.5, 0.6) is 0 Å². The van der Waals surface area contributed by atoms with Crippen molar-refractivity contribution in [2.45, 2.75) is 12.8 Å². The fourth-order valence-corrected chi connectivity index (χ4v) is 7.07. The van der Waals surface area contributed by atoms with Crippen molar-refractivity contribution in [2.75, 3.05) is 6.61 Å². The number of allylic oxidation sites excluding steroid dienone is 1. The Morgan fingerprint density at radius 2 is 1.02 bits per heavy atom.